The Morgan fingerprint density at radius 3 is 1.57 bits per heavy atom. The Morgan fingerprint density at radius 2 is 1.17 bits per heavy atom. The molecule has 0 aromatic carbocycles. The van der Waals surface area contributed by atoms with Crippen molar-refractivity contribution in [3.8, 4) is 40.3 Å². The number of hydrogen-bond donors (Lipinski definition) is 2. The molecular weight excluding hydrogens is 657 g/mol. The van der Waals surface area contributed by atoms with Crippen molar-refractivity contribution in [2.24, 2.45) is 0 Å². The van der Waals surface area contributed by atoms with E-state index in [9.17, 15) is 4.79 Å². The molecule has 46 heavy (non-hydrogen) atoms. The van der Waals surface area contributed by atoms with Gasteiger partial charge in [0, 0.05) is 78.9 Å². The van der Waals surface area contributed by atoms with Gasteiger partial charge in [0.2, 0.25) is 17.3 Å². The number of ether oxygens (including phenoxy) is 2. The third-order valence-electron chi connectivity index (χ3n) is 5.02. The van der Waals surface area contributed by atoms with Crippen LogP contribution in [0.2, 0.25) is 0 Å². The van der Waals surface area contributed by atoms with Crippen molar-refractivity contribution in [2.45, 2.75) is 7.43 Å². The molecule has 0 aliphatic carbocycles. The van der Waals surface area contributed by atoms with Crippen LogP contribution in [0.25, 0.3) is 22.8 Å². The summed E-state index contributed by atoms with van der Waals surface area (Å²) in [7, 11) is 3.71. The molecule has 0 aliphatic rings. The van der Waals surface area contributed by atoms with Crippen molar-refractivity contribution >= 4 is 23.6 Å². The van der Waals surface area contributed by atoms with Gasteiger partial charge in [-0.05, 0) is 52.3 Å². The average molecular weight is 687 g/mol. The quantitative estimate of drug-likeness (QED) is 0.187. The Labute approximate surface area is 274 Å². The number of rotatable bonds is 6. The largest absolute Gasteiger partial charge is 0.569 e. The van der Waals surface area contributed by atoms with Crippen molar-refractivity contribution in [1.29, 1.82) is 0 Å². The third kappa shape index (κ3) is 13.4. The Balaban J connectivity index is 0.000000217. The molecule has 0 unspecified atom stereocenters. The van der Waals surface area contributed by atoms with E-state index in [2.05, 4.69) is 65.4 Å². The van der Waals surface area contributed by atoms with Gasteiger partial charge in [0.15, 0.2) is 16.4 Å². The molecule has 0 fully saturated rings. The second kappa shape index (κ2) is 21.2. The van der Waals surface area contributed by atoms with Crippen molar-refractivity contribution in [2.75, 3.05) is 14.2 Å². The summed E-state index contributed by atoms with van der Waals surface area (Å²) in [6, 6.07) is 15.4. The van der Waals surface area contributed by atoms with Gasteiger partial charge in [-0.1, -0.05) is 7.43 Å². The number of hydrogen-bond acceptors (Lipinski definition) is 13. The first-order chi connectivity index (χ1) is 22.0. The number of methoxy groups -OCH3 is 2. The van der Waals surface area contributed by atoms with Gasteiger partial charge in [-0.25, -0.2) is 39.9 Å². The molecule has 0 bridgehead atoms. The van der Waals surface area contributed by atoms with Crippen LogP contribution in [-0.2, 0) is 0 Å². The molecular formula is C30H30BBrN9O5. The first-order valence-electron chi connectivity index (χ1n) is 12.8. The zero-order valence-corrected chi connectivity index (χ0v) is 25.6. The first kappa shape index (κ1) is 36.6. The SMILES string of the molecule is Brc1ncccn1.C.COc1ccc(-c2ncccn2)cn1.COc1ccc(O[B]O)cn1.O=c1ccc(-c2ncccn2)c[nH]1. The summed E-state index contributed by atoms with van der Waals surface area (Å²) < 4.78 is 15.0. The molecule has 0 atom stereocenters. The Kier molecular flexibility index (Phi) is 16.8. The molecule has 235 valence electrons. The van der Waals surface area contributed by atoms with Gasteiger partial charge in [-0.3, -0.25) is 4.79 Å². The molecule has 6 aromatic rings. The van der Waals surface area contributed by atoms with Gasteiger partial charge in [0.25, 0.3) is 0 Å². The average Bonchev–Trinajstić information content (AvgIpc) is 3.11. The number of halogens is 1. The lowest BCUT2D eigenvalue weighted by Gasteiger charge is -2.00. The molecule has 1 radical (unpaired) electrons. The zero-order valence-electron chi connectivity index (χ0n) is 24.0. The van der Waals surface area contributed by atoms with Crippen molar-refractivity contribution < 1.29 is 19.2 Å². The third-order valence-corrected chi connectivity index (χ3v) is 5.43. The Morgan fingerprint density at radius 1 is 0.674 bits per heavy atom. The summed E-state index contributed by atoms with van der Waals surface area (Å²) >= 11 is 3.09. The van der Waals surface area contributed by atoms with E-state index in [4.69, 9.17) is 14.5 Å². The normalized spacial score (nSPS) is 9.22. The Hall–Kier alpha value is -5.61. The molecule has 14 nitrogen and oxygen atoms in total. The van der Waals surface area contributed by atoms with E-state index in [0.717, 1.165) is 11.1 Å². The van der Waals surface area contributed by atoms with Gasteiger partial charge in [-0.15, -0.1) is 0 Å². The van der Waals surface area contributed by atoms with Crippen LogP contribution in [0.4, 0.5) is 0 Å². The fourth-order valence-electron chi connectivity index (χ4n) is 2.98. The maximum Gasteiger partial charge on any atom is 0.569 e. The van der Waals surface area contributed by atoms with Crippen LogP contribution in [0.1, 0.15) is 7.43 Å². The van der Waals surface area contributed by atoms with E-state index in [1.807, 2.05) is 6.07 Å². The topological polar surface area (TPSA) is 184 Å². The summed E-state index contributed by atoms with van der Waals surface area (Å²) in [5.41, 5.74) is 1.56. The number of nitrogens with zero attached hydrogens (tertiary/aromatic N) is 8. The minimum Gasteiger partial charge on any atom is -0.536 e. The van der Waals surface area contributed by atoms with Crippen molar-refractivity contribution in [3.63, 3.8) is 0 Å². The number of nitrogens with one attached hydrogen (secondary N) is 1. The van der Waals surface area contributed by atoms with E-state index in [-0.39, 0.29) is 13.0 Å². The Bertz CT molecular complexity index is 1690. The fraction of sp³-hybridized carbons (Fsp3) is 0.100. The maximum absolute atomic E-state index is 10.8. The lowest BCUT2D eigenvalue weighted by molar-refractivity contribution is 0.395. The molecule has 6 rings (SSSR count). The predicted molar refractivity (Wildman–Crippen MR) is 176 cm³/mol. The van der Waals surface area contributed by atoms with Crippen LogP contribution in [0.5, 0.6) is 17.5 Å². The molecule has 0 saturated heterocycles. The van der Waals surface area contributed by atoms with Gasteiger partial charge in [0.05, 0.1) is 20.4 Å². The number of pyridine rings is 3. The standard InChI is InChI=1S/C10H9N3O.C9H7N3O.C6H7BNO3.C4H3BrN2.CH4/c1-14-9-4-3-8(7-13-9)10-11-5-2-6-12-10;13-8-3-2-7(6-12-8)9-10-4-1-5-11-9;1-10-6-3-2-5(4-8-6)11-7-9;5-4-6-2-1-3-7-4;/h2-7H,1H3;1-6H,(H,12,13);2-4,9H,1H3;1-3H;1H4. The van der Waals surface area contributed by atoms with Gasteiger partial charge < -0.3 is 24.1 Å². The van der Waals surface area contributed by atoms with Crippen LogP contribution >= 0.6 is 15.9 Å². The van der Waals surface area contributed by atoms with Gasteiger partial charge in [-0.2, -0.15) is 0 Å². The lowest BCUT2D eigenvalue weighted by atomic mass is 10.2. The second-order valence-corrected chi connectivity index (χ2v) is 8.66. The van der Waals surface area contributed by atoms with Crippen LogP contribution in [0.3, 0.4) is 0 Å². The van der Waals surface area contributed by atoms with Crippen molar-refractivity contribution in [1.82, 2.24) is 44.9 Å². The van der Waals surface area contributed by atoms with Gasteiger partial charge >= 0.3 is 7.69 Å². The van der Waals surface area contributed by atoms with E-state index in [0.29, 0.717) is 41.6 Å². The zero-order chi connectivity index (χ0) is 32.1. The fourth-order valence-corrected chi connectivity index (χ4v) is 3.21. The highest BCUT2D eigenvalue weighted by molar-refractivity contribution is 9.10. The molecule has 2 N–H and O–H groups in total. The smallest absolute Gasteiger partial charge is 0.536 e. The summed E-state index contributed by atoms with van der Waals surface area (Å²) in [6.45, 7) is 0. The lowest BCUT2D eigenvalue weighted by Crippen LogP contribution is -2.02. The molecule has 0 aliphatic heterocycles. The van der Waals surface area contributed by atoms with Gasteiger partial charge in [0.1, 0.15) is 5.75 Å². The highest BCUT2D eigenvalue weighted by Gasteiger charge is 2.00. The minimum atomic E-state index is -0.125. The highest BCUT2D eigenvalue weighted by atomic mass is 79.9. The summed E-state index contributed by atoms with van der Waals surface area (Å²) in [6.07, 6.45) is 14.8. The van der Waals surface area contributed by atoms with Crippen LogP contribution in [0, 0.1) is 0 Å². The van der Waals surface area contributed by atoms with Crippen LogP contribution in [0.15, 0.2) is 120 Å². The molecule has 0 amide bonds. The highest BCUT2D eigenvalue weighted by Crippen LogP contribution is 2.15. The van der Waals surface area contributed by atoms with E-state index in [1.165, 1.54) is 19.4 Å². The number of H-pyrrole nitrogens is 1. The molecule has 0 spiro atoms. The first-order valence-corrected chi connectivity index (χ1v) is 13.6. The number of aromatic nitrogens is 9. The second-order valence-electron chi connectivity index (χ2n) is 7.95. The van der Waals surface area contributed by atoms with E-state index >= 15 is 0 Å². The van der Waals surface area contributed by atoms with Crippen LogP contribution < -0.4 is 19.7 Å². The monoisotopic (exact) mass is 686 g/mol. The number of aromatic amines is 1. The van der Waals surface area contributed by atoms with Crippen molar-refractivity contribution in [3.05, 3.63) is 125 Å². The molecule has 6 aromatic heterocycles. The van der Waals surface area contributed by atoms with E-state index < -0.39 is 0 Å². The van der Waals surface area contributed by atoms with Crippen LogP contribution in [-0.4, -0.2) is 71.8 Å². The molecule has 6 heterocycles. The summed E-state index contributed by atoms with van der Waals surface area (Å²) in [4.78, 5) is 45.1. The maximum atomic E-state index is 10.8. The summed E-state index contributed by atoms with van der Waals surface area (Å²) in [5.74, 6) is 2.84. The van der Waals surface area contributed by atoms with E-state index in [1.54, 1.807) is 99.1 Å². The molecule has 0 saturated carbocycles. The summed E-state index contributed by atoms with van der Waals surface area (Å²) in [5, 5.41) is 8.24. The minimum absolute atomic E-state index is 0. The molecule has 16 heteroatoms. The predicted octanol–water partition coefficient (Wildman–Crippen LogP) is 4.25.